The number of nitrogens with zero attached hydrogens (tertiary/aromatic N) is 1. The fourth-order valence-corrected chi connectivity index (χ4v) is 1.26. The molecule has 1 unspecified atom stereocenters. The maximum absolute atomic E-state index is 10.7. The van der Waals surface area contributed by atoms with Gasteiger partial charge in [0.05, 0.1) is 11.4 Å². The molecule has 0 fully saturated rings. The Hall–Kier alpha value is -0.680. The van der Waals surface area contributed by atoms with Crippen molar-refractivity contribution in [2.75, 3.05) is 6.26 Å². The summed E-state index contributed by atoms with van der Waals surface area (Å²) in [6.07, 6.45) is 1.62. The first-order valence-electron chi connectivity index (χ1n) is 3.17. The van der Waals surface area contributed by atoms with Crippen molar-refractivity contribution in [1.82, 2.24) is 5.16 Å². The van der Waals surface area contributed by atoms with Crippen molar-refractivity contribution in [1.29, 1.82) is 0 Å². The van der Waals surface area contributed by atoms with Gasteiger partial charge in [-0.2, -0.15) is 0 Å². The van der Waals surface area contributed by atoms with Crippen LogP contribution in [-0.2, 0) is 23.1 Å². The lowest BCUT2D eigenvalue weighted by atomic mass is 10.4. The molecule has 1 aromatic heterocycles. The molecule has 0 aliphatic heterocycles. The van der Waals surface area contributed by atoms with Gasteiger partial charge in [0.1, 0.15) is 5.76 Å². The van der Waals surface area contributed by atoms with Crippen LogP contribution in [0.15, 0.2) is 10.6 Å². The molecule has 11 heavy (non-hydrogen) atoms. The third-order valence-corrected chi connectivity index (χ3v) is 1.85. The monoisotopic (exact) mass is 174 g/mol. The first-order chi connectivity index (χ1) is 5.22. The van der Waals surface area contributed by atoms with Gasteiger partial charge in [-0.3, -0.25) is 4.21 Å². The molecule has 0 spiro atoms. The summed E-state index contributed by atoms with van der Waals surface area (Å²) in [6, 6.07) is 1.72. The first-order valence-corrected chi connectivity index (χ1v) is 4.89. The normalized spacial score (nSPS) is 13.3. The summed E-state index contributed by atoms with van der Waals surface area (Å²) in [6.45, 7) is 0.361. The molecule has 4 nitrogen and oxygen atoms in total. The van der Waals surface area contributed by atoms with Crippen LogP contribution < -0.4 is 5.73 Å². The molecule has 62 valence electrons. The summed E-state index contributed by atoms with van der Waals surface area (Å²) in [5.41, 5.74) is 6.00. The molecule has 0 aromatic carbocycles. The zero-order chi connectivity index (χ0) is 8.27. The number of nitrogens with two attached hydrogens (primary N) is 1. The van der Waals surface area contributed by atoms with Gasteiger partial charge in [-0.1, -0.05) is 5.16 Å². The zero-order valence-electron chi connectivity index (χ0n) is 6.24. The molecule has 0 radical (unpaired) electrons. The van der Waals surface area contributed by atoms with Gasteiger partial charge in [0.2, 0.25) is 0 Å². The Morgan fingerprint density at radius 2 is 2.55 bits per heavy atom. The molecule has 1 heterocycles. The van der Waals surface area contributed by atoms with Crippen LogP contribution in [0.1, 0.15) is 11.5 Å². The SMILES string of the molecule is CS(=O)Cc1cc(CN)no1. The Balaban J connectivity index is 2.65. The lowest BCUT2D eigenvalue weighted by molar-refractivity contribution is 0.388. The highest BCUT2D eigenvalue weighted by Crippen LogP contribution is 2.04. The minimum atomic E-state index is -0.880. The van der Waals surface area contributed by atoms with Crippen molar-refractivity contribution in [3.05, 3.63) is 17.5 Å². The summed E-state index contributed by atoms with van der Waals surface area (Å²) in [5, 5.41) is 3.65. The van der Waals surface area contributed by atoms with Crippen molar-refractivity contribution in [3.8, 4) is 0 Å². The Labute approximate surface area is 67.2 Å². The van der Waals surface area contributed by atoms with E-state index < -0.39 is 10.8 Å². The topological polar surface area (TPSA) is 69.1 Å². The maximum Gasteiger partial charge on any atom is 0.149 e. The smallest absolute Gasteiger partial charge is 0.149 e. The summed E-state index contributed by atoms with van der Waals surface area (Å²) in [4.78, 5) is 0. The molecule has 0 bridgehead atoms. The van der Waals surface area contributed by atoms with Gasteiger partial charge in [-0.15, -0.1) is 0 Å². The van der Waals surface area contributed by atoms with E-state index >= 15 is 0 Å². The minimum Gasteiger partial charge on any atom is -0.360 e. The van der Waals surface area contributed by atoms with Crippen molar-refractivity contribution >= 4 is 10.8 Å². The molecular weight excluding hydrogens is 164 g/mol. The van der Waals surface area contributed by atoms with Crippen LogP contribution in [-0.4, -0.2) is 15.6 Å². The van der Waals surface area contributed by atoms with Gasteiger partial charge < -0.3 is 10.3 Å². The van der Waals surface area contributed by atoms with Gasteiger partial charge in [0.25, 0.3) is 0 Å². The molecule has 1 aromatic rings. The van der Waals surface area contributed by atoms with Gasteiger partial charge in [0, 0.05) is 29.7 Å². The van der Waals surface area contributed by atoms with Crippen LogP contribution >= 0.6 is 0 Å². The number of hydrogen-bond donors (Lipinski definition) is 1. The summed E-state index contributed by atoms with van der Waals surface area (Å²) < 4.78 is 15.5. The van der Waals surface area contributed by atoms with Crippen molar-refractivity contribution in [2.45, 2.75) is 12.3 Å². The van der Waals surface area contributed by atoms with Crippen LogP contribution in [0, 0.1) is 0 Å². The standard InChI is InChI=1S/C6H10N2O2S/c1-11(9)4-6-2-5(3-7)8-10-6/h2H,3-4,7H2,1H3. The molecule has 0 saturated carbocycles. The largest absolute Gasteiger partial charge is 0.360 e. The second kappa shape index (κ2) is 3.64. The quantitative estimate of drug-likeness (QED) is 0.701. The highest BCUT2D eigenvalue weighted by Gasteiger charge is 2.03. The van der Waals surface area contributed by atoms with E-state index in [4.69, 9.17) is 10.3 Å². The average Bonchev–Trinajstić information content (AvgIpc) is 2.34. The van der Waals surface area contributed by atoms with Gasteiger partial charge in [0.15, 0.2) is 0 Å². The van der Waals surface area contributed by atoms with Crippen molar-refractivity contribution < 1.29 is 8.73 Å². The predicted octanol–water partition coefficient (Wildman–Crippen LogP) is 0.0118. The molecule has 0 aliphatic carbocycles. The molecular formula is C6H10N2O2S. The van der Waals surface area contributed by atoms with E-state index in [1.807, 2.05) is 0 Å². The molecule has 2 N–H and O–H groups in total. The van der Waals surface area contributed by atoms with Crippen molar-refractivity contribution in [3.63, 3.8) is 0 Å². The lowest BCUT2D eigenvalue weighted by Crippen LogP contribution is -1.95. The molecule has 0 amide bonds. The third-order valence-electron chi connectivity index (χ3n) is 1.16. The van der Waals surface area contributed by atoms with Crippen LogP contribution in [0.5, 0.6) is 0 Å². The fraction of sp³-hybridized carbons (Fsp3) is 0.500. The zero-order valence-corrected chi connectivity index (χ0v) is 7.06. The van der Waals surface area contributed by atoms with E-state index in [2.05, 4.69) is 5.16 Å². The summed E-state index contributed by atoms with van der Waals surface area (Å²) in [7, 11) is -0.880. The van der Waals surface area contributed by atoms with E-state index in [0.717, 1.165) is 0 Å². The lowest BCUT2D eigenvalue weighted by Gasteiger charge is -1.86. The first kappa shape index (κ1) is 8.42. The van der Waals surface area contributed by atoms with E-state index in [-0.39, 0.29) is 0 Å². The average molecular weight is 174 g/mol. The van der Waals surface area contributed by atoms with Crippen LogP contribution in [0.3, 0.4) is 0 Å². The van der Waals surface area contributed by atoms with Crippen LogP contribution in [0.4, 0.5) is 0 Å². The number of hydrogen-bond acceptors (Lipinski definition) is 4. The molecule has 0 saturated heterocycles. The number of rotatable bonds is 3. The summed E-state index contributed by atoms with van der Waals surface area (Å²) in [5.74, 6) is 1.04. The second-order valence-electron chi connectivity index (χ2n) is 2.21. The highest BCUT2D eigenvalue weighted by molar-refractivity contribution is 7.83. The van der Waals surface area contributed by atoms with Gasteiger partial charge in [-0.25, -0.2) is 0 Å². The molecule has 1 rings (SSSR count). The third kappa shape index (κ3) is 2.44. The fourth-order valence-electron chi connectivity index (χ4n) is 0.720. The van der Waals surface area contributed by atoms with E-state index in [1.165, 1.54) is 0 Å². The Kier molecular flexibility index (Phi) is 2.78. The number of aromatic nitrogens is 1. The van der Waals surface area contributed by atoms with Gasteiger partial charge in [-0.05, 0) is 0 Å². The molecule has 0 aliphatic rings. The predicted molar refractivity (Wildman–Crippen MR) is 42.2 cm³/mol. The highest BCUT2D eigenvalue weighted by atomic mass is 32.2. The van der Waals surface area contributed by atoms with E-state index in [1.54, 1.807) is 12.3 Å². The maximum atomic E-state index is 10.7. The minimum absolute atomic E-state index is 0.361. The van der Waals surface area contributed by atoms with Gasteiger partial charge >= 0.3 is 0 Å². The van der Waals surface area contributed by atoms with Crippen molar-refractivity contribution in [2.24, 2.45) is 5.73 Å². The van der Waals surface area contributed by atoms with E-state index in [9.17, 15) is 4.21 Å². The van der Waals surface area contributed by atoms with Crippen LogP contribution in [0.25, 0.3) is 0 Å². The second-order valence-corrected chi connectivity index (χ2v) is 3.64. The molecule has 1 atom stereocenters. The Morgan fingerprint density at radius 3 is 3.00 bits per heavy atom. The Bertz CT molecular complexity index is 259. The van der Waals surface area contributed by atoms with E-state index in [0.29, 0.717) is 23.8 Å². The Morgan fingerprint density at radius 1 is 1.82 bits per heavy atom. The summed E-state index contributed by atoms with van der Waals surface area (Å²) >= 11 is 0. The van der Waals surface area contributed by atoms with Crippen LogP contribution in [0.2, 0.25) is 0 Å². The molecule has 5 heteroatoms.